The fourth-order valence-electron chi connectivity index (χ4n) is 4.27. The molecule has 0 aliphatic carbocycles. The molecule has 5 rings (SSSR count). The van der Waals surface area contributed by atoms with Crippen LogP contribution in [0.15, 0.2) is 41.3 Å². The zero-order chi connectivity index (χ0) is 24.0. The first-order valence-corrected chi connectivity index (χ1v) is 11.2. The Morgan fingerprint density at radius 3 is 2.79 bits per heavy atom. The number of hydrogen-bond acceptors (Lipinski definition) is 7. The minimum Gasteiger partial charge on any atom is -0.384 e. The van der Waals surface area contributed by atoms with Gasteiger partial charge in [-0.25, -0.2) is 23.7 Å². The van der Waals surface area contributed by atoms with Crippen molar-refractivity contribution in [3.63, 3.8) is 0 Å². The number of halogens is 1. The number of anilines is 2. The Morgan fingerprint density at radius 1 is 1.21 bits per heavy atom. The van der Waals surface area contributed by atoms with Gasteiger partial charge >= 0.3 is 0 Å². The number of aliphatic hydroxyl groups is 1. The highest BCUT2D eigenvalue weighted by Gasteiger charge is 2.25. The van der Waals surface area contributed by atoms with Gasteiger partial charge in [-0.15, -0.1) is 0 Å². The Kier molecular flexibility index (Phi) is 5.41. The first-order chi connectivity index (χ1) is 16.3. The van der Waals surface area contributed by atoms with Crippen molar-refractivity contribution in [1.82, 2.24) is 29.6 Å². The van der Waals surface area contributed by atoms with Crippen LogP contribution < -0.4 is 16.2 Å². The van der Waals surface area contributed by atoms with Gasteiger partial charge < -0.3 is 15.7 Å². The van der Waals surface area contributed by atoms with Gasteiger partial charge in [-0.2, -0.15) is 4.98 Å². The van der Waals surface area contributed by atoms with E-state index in [-0.39, 0.29) is 17.1 Å². The van der Waals surface area contributed by atoms with E-state index in [4.69, 9.17) is 0 Å². The molecule has 9 nitrogen and oxygen atoms in total. The molecular formula is C24H26FN7O2. The van der Waals surface area contributed by atoms with Gasteiger partial charge in [-0.1, -0.05) is 6.07 Å². The highest BCUT2D eigenvalue weighted by molar-refractivity contribution is 5.77. The van der Waals surface area contributed by atoms with Crippen LogP contribution in [-0.2, 0) is 25.1 Å². The van der Waals surface area contributed by atoms with Gasteiger partial charge in [-0.3, -0.25) is 4.79 Å². The van der Waals surface area contributed by atoms with Crippen molar-refractivity contribution in [2.75, 3.05) is 11.9 Å². The van der Waals surface area contributed by atoms with Crippen LogP contribution in [0.2, 0.25) is 0 Å². The number of nitrogens with one attached hydrogen (secondary N) is 2. The number of fused-ring (bicyclic) bond motifs is 2. The highest BCUT2D eigenvalue weighted by atomic mass is 19.1. The molecule has 4 aromatic rings. The van der Waals surface area contributed by atoms with Crippen molar-refractivity contribution in [2.24, 2.45) is 0 Å². The molecule has 1 aliphatic heterocycles. The maximum absolute atomic E-state index is 14.4. The van der Waals surface area contributed by atoms with Crippen LogP contribution in [0.3, 0.4) is 0 Å². The lowest BCUT2D eigenvalue weighted by molar-refractivity contribution is 0.0694. The molecule has 0 radical (unpaired) electrons. The minimum absolute atomic E-state index is 0.114. The van der Waals surface area contributed by atoms with E-state index < -0.39 is 11.4 Å². The van der Waals surface area contributed by atoms with E-state index in [1.165, 1.54) is 52.7 Å². The summed E-state index contributed by atoms with van der Waals surface area (Å²) in [7, 11) is 0. The Bertz CT molecular complexity index is 1450. The summed E-state index contributed by atoms with van der Waals surface area (Å²) in [5, 5.41) is 17.3. The Hall–Kier alpha value is -3.63. The largest absolute Gasteiger partial charge is 0.384 e. The second-order valence-electron chi connectivity index (χ2n) is 8.86. The highest BCUT2D eigenvalue weighted by Crippen LogP contribution is 2.25. The van der Waals surface area contributed by atoms with Crippen LogP contribution in [-0.4, -0.2) is 36.0 Å². The van der Waals surface area contributed by atoms with Crippen LogP contribution in [0.4, 0.5) is 16.0 Å². The molecule has 0 fully saturated rings. The quantitative estimate of drug-likeness (QED) is 0.417. The van der Waals surface area contributed by atoms with Crippen molar-refractivity contribution in [3.05, 3.63) is 69.5 Å². The molecule has 0 atom stereocenters. The van der Waals surface area contributed by atoms with Crippen molar-refractivity contribution in [3.8, 4) is 5.82 Å². The third-order valence-corrected chi connectivity index (χ3v) is 5.95. The molecule has 0 saturated heterocycles. The first kappa shape index (κ1) is 22.2. The molecule has 0 unspecified atom stereocenters. The summed E-state index contributed by atoms with van der Waals surface area (Å²) in [6, 6.07) is 8.84. The fourth-order valence-corrected chi connectivity index (χ4v) is 4.27. The van der Waals surface area contributed by atoms with E-state index in [0.717, 1.165) is 25.2 Å². The van der Waals surface area contributed by atoms with Gasteiger partial charge in [0.05, 0.1) is 0 Å². The molecule has 0 saturated carbocycles. The molecule has 3 aromatic heterocycles. The fraction of sp³-hybridized carbons (Fsp3) is 0.333. The van der Waals surface area contributed by atoms with Crippen LogP contribution in [0.5, 0.6) is 0 Å². The topological polar surface area (TPSA) is 110 Å². The number of rotatable bonds is 5. The Balaban J connectivity index is 1.62. The standard InChI is InChI=1S/C24H26FN7O2/c1-4-31-22(33)17-13-27-23(28-16-6-5-14-9-10-26-12-15(14)11-16)30-21(17)32(31)19-8-7-18(25)20(29-19)24(2,3)34/h5-8,11,13,26,34H,4,9-10,12H2,1-3H3,(H,27,28,30). The molecular weight excluding hydrogens is 437 g/mol. The van der Waals surface area contributed by atoms with E-state index in [1.807, 2.05) is 13.0 Å². The number of aromatic nitrogens is 5. The minimum atomic E-state index is -1.50. The Labute approximate surface area is 195 Å². The predicted molar refractivity (Wildman–Crippen MR) is 127 cm³/mol. The lowest BCUT2D eigenvalue weighted by Crippen LogP contribution is -2.24. The second kappa shape index (κ2) is 8.30. The molecule has 0 bridgehead atoms. The van der Waals surface area contributed by atoms with Crippen LogP contribution >= 0.6 is 0 Å². The smallest absolute Gasteiger partial charge is 0.278 e. The third kappa shape index (κ3) is 3.84. The molecule has 176 valence electrons. The summed E-state index contributed by atoms with van der Waals surface area (Å²) in [6.07, 6.45) is 2.47. The maximum atomic E-state index is 14.4. The lowest BCUT2D eigenvalue weighted by Gasteiger charge is -2.19. The van der Waals surface area contributed by atoms with E-state index in [1.54, 1.807) is 0 Å². The molecule has 1 aromatic carbocycles. The molecule has 4 heterocycles. The predicted octanol–water partition coefficient (Wildman–Crippen LogP) is 2.75. The van der Waals surface area contributed by atoms with E-state index in [9.17, 15) is 14.3 Å². The SMILES string of the molecule is CCn1c(=O)c2cnc(Nc3ccc4c(c3)CNCC4)nc2n1-c1ccc(F)c(C(C)(C)O)n1. The summed E-state index contributed by atoms with van der Waals surface area (Å²) in [5.41, 5.74) is 1.83. The number of benzene rings is 1. The van der Waals surface area contributed by atoms with E-state index in [0.29, 0.717) is 23.5 Å². The molecule has 0 amide bonds. The summed E-state index contributed by atoms with van der Waals surface area (Å²) >= 11 is 0. The van der Waals surface area contributed by atoms with Gasteiger partial charge in [0.15, 0.2) is 11.5 Å². The monoisotopic (exact) mass is 463 g/mol. The average Bonchev–Trinajstić information content (AvgIpc) is 3.09. The zero-order valence-corrected chi connectivity index (χ0v) is 19.3. The molecule has 10 heteroatoms. The van der Waals surface area contributed by atoms with Gasteiger partial charge in [0, 0.05) is 25.0 Å². The Morgan fingerprint density at radius 2 is 2.03 bits per heavy atom. The van der Waals surface area contributed by atoms with Gasteiger partial charge in [-0.05, 0) is 69.1 Å². The van der Waals surface area contributed by atoms with Gasteiger partial charge in [0.25, 0.3) is 5.56 Å². The van der Waals surface area contributed by atoms with E-state index in [2.05, 4.69) is 37.7 Å². The maximum Gasteiger partial charge on any atom is 0.278 e. The second-order valence-corrected chi connectivity index (χ2v) is 8.86. The number of nitrogens with zero attached hydrogens (tertiary/aromatic N) is 5. The van der Waals surface area contributed by atoms with Gasteiger partial charge in [0.2, 0.25) is 5.95 Å². The van der Waals surface area contributed by atoms with Crippen LogP contribution in [0.25, 0.3) is 16.9 Å². The van der Waals surface area contributed by atoms with Crippen molar-refractivity contribution in [2.45, 2.75) is 45.9 Å². The first-order valence-electron chi connectivity index (χ1n) is 11.2. The van der Waals surface area contributed by atoms with Crippen molar-refractivity contribution < 1.29 is 9.50 Å². The number of pyridine rings is 1. The normalized spacial score (nSPS) is 13.8. The van der Waals surface area contributed by atoms with Crippen molar-refractivity contribution in [1.29, 1.82) is 0 Å². The van der Waals surface area contributed by atoms with Crippen molar-refractivity contribution >= 4 is 22.7 Å². The van der Waals surface area contributed by atoms with Gasteiger partial charge in [0.1, 0.15) is 22.5 Å². The number of hydrogen-bond donors (Lipinski definition) is 3. The van der Waals surface area contributed by atoms with Crippen LogP contribution in [0.1, 0.15) is 37.6 Å². The van der Waals surface area contributed by atoms with Crippen LogP contribution in [0, 0.1) is 5.82 Å². The zero-order valence-electron chi connectivity index (χ0n) is 19.3. The summed E-state index contributed by atoms with van der Waals surface area (Å²) in [6.45, 7) is 6.86. The molecule has 1 aliphatic rings. The summed E-state index contributed by atoms with van der Waals surface area (Å²) in [4.78, 5) is 26.3. The summed E-state index contributed by atoms with van der Waals surface area (Å²) in [5.74, 6) is -0.0305. The molecule has 34 heavy (non-hydrogen) atoms. The summed E-state index contributed by atoms with van der Waals surface area (Å²) < 4.78 is 17.4. The third-order valence-electron chi connectivity index (χ3n) is 5.95. The molecule has 3 N–H and O–H groups in total. The average molecular weight is 464 g/mol. The van der Waals surface area contributed by atoms with E-state index >= 15 is 0 Å². The molecule has 0 spiro atoms. The lowest BCUT2D eigenvalue weighted by atomic mass is 10.0.